The monoisotopic (exact) mass is 534 g/mol. The molecular formula is C29H30N2O4S2. The molecule has 0 heterocycles. The molecule has 0 spiro atoms. The van der Waals surface area contributed by atoms with Crippen molar-refractivity contribution < 1.29 is 16.8 Å². The molecule has 0 unspecified atom stereocenters. The molecular weight excluding hydrogens is 504 g/mol. The van der Waals surface area contributed by atoms with Crippen LogP contribution in [-0.2, 0) is 39.6 Å². The van der Waals surface area contributed by atoms with Gasteiger partial charge in [-0.25, -0.2) is 21.6 Å². The zero-order valence-electron chi connectivity index (χ0n) is 20.6. The van der Waals surface area contributed by atoms with Gasteiger partial charge in [-0.3, -0.25) is 0 Å². The van der Waals surface area contributed by atoms with Crippen LogP contribution in [0.15, 0.2) is 119 Å². The van der Waals surface area contributed by atoms with Crippen LogP contribution in [-0.4, -0.2) is 27.7 Å². The molecule has 0 aliphatic heterocycles. The van der Waals surface area contributed by atoms with Crippen LogP contribution in [0.4, 0.5) is 0 Å². The molecule has 1 N–H and O–H groups in total. The number of aryl methyl sites for hydroxylation is 1. The van der Waals surface area contributed by atoms with Crippen molar-refractivity contribution in [3.05, 3.63) is 131 Å². The van der Waals surface area contributed by atoms with E-state index in [1.807, 2.05) is 91.9 Å². The van der Waals surface area contributed by atoms with Gasteiger partial charge in [0, 0.05) is 19.6 Å². The first-order valence-electron chi connectivity index (χ1n) is 12.0. The predicted octanol–water partition coefficient (Wildman–Crippen LogP) is 4.91. The van der Waals surface area contributed by atoms with Crippen molar-refractivity contribution in [1.82, 2.24) is 9.03 Å². The molecule has 0 saturated carbocycles. The number of nitrogens with one attached hydrogen (secondary N) is 1. The second-order valence-corrected chi connectivity index (χ2v) is 12.5. The van der Waals surface area contributed by atoms with Crippen molar-refractivity contribution >= 4 is 20.0 Å². The van der Waals surface area contributed by atoms with E-state index >= 15 is 0 Å². The van der Waals surface area contributed by atoms with Crippen molar-refractivity contribution in [3.63, 3.8) is 0 Å². The maximum absolute atomic E-state index is 13.7. The number of nitrogens with zero attached hydrogens (tertiary/aromatic N) is 1. The highest BCUT2D eigenvalue weighted by atomic mass is 32.2. The van der Waals surface area contributed by atoms with Crippen LogP contribution in [0.2, 0.25) is 0 Å². The van der Waals surface area contributed by atoms with Gasteiger partial charge in [-0.05, 0) is 54.3 Å². The fourth-order valence-corrected chi connectivity index (χ4v) is 6.32. The maximum Gasteiger partial charge on any atom is 0.243 e. The Balaban J connectivity index is 1.54. The van der Waals surface area contributed by atoms with Gasteiger partial charge in [0.2, 0.25) is 20.0 Å². The van der Waals surface area contributed by atoms with Crippen molar-refractivity contribution in [2.75, 3.05) is 6.54 Å². The Hall–Kier alpha value is -3.30. The van der Waals surface area contributed by atoms with E-state index in [1.54, 1.807) is 0 Å². The normalized spacial score (nSPS) is 12.1. The first-order chi connectivity index (χ1) is 17.7. The Morgan fingerprint density at radius 2 is 1.16 bits per heavy atom. The molecule has 0 aliphatic carbocycles. The maximum atomic E-state index is 13.7. The lowest BCUT2D eigenvalue weighted by atomic mass is 10.1. The molecule has 0 radical (unpaired) electrons. The van der Waals surface area contributed by atoms with E-state index in [0.29, 0.717) is 13.0 Å². The van der Waals surface area contributed by atoms with E-state index < -0.39 is 20.0 Å². The summed E-state index contributed by atoms with van der Waals surface area (Å²) in [6.07, 6.45) is 0.557. The largest absolute Gasteiger partial charge is 0.243 e. The van der Waals surface area contributed by atoms with Crippen molar-refractivity contribution in [1.29, 1.82) is 0 Å². The molecule has 0 bridgehead atoms. The van der Waals surface area contributed by atoms with E-state index in [-0.39, 0.29) is 22.9 Å². The quantitative estimate of drug-likeness (QED) is 0.297. The number of hydrogen-bond acceptors (Lipinski definition) is 4. The molecule has 192 valence electrons. The smallest absolute Gasteiger partial charge is 0.207 e. The summed E-state index contributed by atoms with van der Waals surface area (Å²) < 4.78 is 56.8. The molecule has 0 saturated heterocycles. The van der Waals surface area contributed by atoms with Gasteiger partial charge in [0.15, 0.2) is 0 Å². The molecule has 0 amide bonds. The molecule has 37 heavy (non-hydrogen) atoms. The highest BCUT2D eigenvalue weighted by molar-refractivity contribution is 7.89. The van der Waals surface area contributed by atoms with Crippen LogP contribution in [0, 0.1) is 6.92 Å². The lowest BCUT2D eigenvalue weighted by molar-refractivity contribution is 0.409. The first-order valence-corrected chi connectivity index (χ1v) is 14.9. The van der Waals surface area contributed by atoms with Crippen molar-refractivity contribution in [3.8, 4) is 0 Å². The van der Waals surface area contributed by atoms with Crippen LogP contribution >= 0.6 is 0 Å². The fraction of sp³-hybridized carbons (Fsp3) is 0.172. The molecule has 8 heteroatoms. The van der Waals surface area contributed by atoms with Crippen LogP contribution in [0.5, 0.6) is 0 Å². The number of hydrogen-bond donors (Lipinski definition) is 1. The van der Waals surface area contributed by atoms with E-state index in [0.717, 1.165) is 22.3 Å². The number of benzene rings is 4. The highest BCUT2D eigenvalue weighted by Crippen LogP contribution is 2.22. The topological polar surface area (TPSA) is 83.6 Å². The molecule has 4 aromatic carbocycles. The molecule has 4 aromatic rings. The van der Waals surface area contributed by atoms with Gasteiger partial charge >= 0.3 is 0 Å². The minimum absolute atomic E-state index is 0.0109. The Labute approximate surface area is 219 Å². The SMILES string of the molecule is Cc1ccc(CN(CCc2ccccc2)S(=O)(=O)c2ccc(S(=O)(=O)NCc3ccccc3)cc2)cc1. The lowest BCUT2D eigenvalue weighted by Gasteiger charge is -2.23. The second kappa shape index (κ2) is 11.8. The standard InChI is InChI=1S/C29H30N2O4S2/c1-24-12-14-27(15-13-24)23-31(21-20-25-8-4-2-5-9-25)37(34,35)29-18-16-28(17-19-29)36(32,33)30-22-26-10-6-3-7-11-26/h2-19,30H,20-23H2,1H3. The summed E-state index contributed by atoms with van der Waals surface area (Å²) in [6.45, 7) is 2.64. The van der Waals surface area contributed by atoms with Gasteiger partial charge in [0.1, 0.15) is 0 Å². The van der Waals surface area contributed by atoms with E-state index in [9.17, 15) is 16.8 Å². The highest BCUT2D eigenvalue weighted by Gasteiger charge is 2.25. The zero-order chi connectivity index (χ0) is 26.3. The van der Waals surface area contributed by atoms with Gasteiger partial charge in [0.25, 0.3) is 0 Å². The summed E-state index contributed by atoms with van der Waals surface area (Å²) in [5.41, 5.74) is 3.85. The Bertz CT molecular complexity index is 1500. The van der Waals surface area contributed by atoms with Crippen LogP contribution in [0.25, 0.3) is 0 Å². The third-order valence-electron chi connectivity index (χ3n) is 6.05. The van der Waals surface area contributed by atoms with Gasteiger partial charge in [-0.15, -0.1) is 0 Å². The molecule has 6 nitrogen and oxygen atoms in total. The van der Waals surface area contributed by atoms with E-state index in [2.05, 4.69) is 4.72 Å². The summed E-state index contributed by atoms with van der Waals surface area (Å²) in [7, 11) is -7.68. The zero-order valence-corrected chi connectivity index (χ0v) is 22.3. The second-order valence-electron chi connectivity index (χ2n) is 8.84. The van der Waals surface area contributed by atoms with Gasteiger partial charge in [-0.1, -0.05) is 90.5 Å². The molecule has 0 aliphatic rings. The van der Waals surface area contributed by atoms with Gasteiger partial charge in [-0.2, -0.15) is 4.31 Å². The van der Waals surface area contributed by atoms with Crippen LogP contribution in [0.1, 0.15) is 22.3 Å². The first kappa shape index (κ1) is 26.8. The summed E-state index contributed by atoms with van der Waals surface area (Å²) in [5, 5.41) is 0. The van der Waals surface area contributed by atoms with Gasteiger partial charge < -0.3 is 0 Å². The average Bonchev–Trinajstić information content (AvgIpc) is 2.92. The molecule has 0 fully saturated rings. The summed E-state index contributed by atoms with van der Waals surface area (Å²) in [4.78, 5) is 0.0615. The summed E-state index contributed by atoms with van der Waals surface area (Å²) >= 11 is 0. The lowest BCUT2D eigenvalue weighted by Crippen LogP contribution is -2.32. The average molecular weight is 535 g/mol. The summed E-state index contributed by atoms with van der Waals surface area (Å²) in [5.74, 6) is 0. The third kappa shape index (κ3) is 7.14. The fourth-order valence-electron chi connectivity index (χ4n) is 3.88. The van der Waals surface area contributed by atoms with E-state index in [1.165, 1.54) is 28.6 Å². The Kier molecular flexibility index (Phi) is 8.56. The van der Waals surface area contributed by atoms with Crippen LogP contribution < -0.4 is 4.72 Å². The number of rotatable bonds is 11. The van der Waals surface area contributed by atoms with Crippen LogP contribution in [0.3, 0.4) is 0 Å². The Morgan fingerprint density at radius 1 is 0.622 bits per heavy atom. The number of sulfonamides is 2. The van der Waals surface area contributed by atoms with E-state index in [4.69, 9.17) is 0 Å². The third-order valence-corrected chi connectivity index (χ3v) is 9.33. The molecule has 0 aromatic heterocycles. The predicted molar refractivity (Wildman–Crippen MR) is 146 cm³/mol. The molecule has 0 atom stereocenters. The molecule has 4 rings (SSSR count). The van der Waals surface area contributed by atoms with Crippen molar-refractivity contribution in [2.45, 2.75) is 36.2 Å². The minimum Gasteiger partial charge on any atom is -0.207 e. The van der Waals surface area contributed by atoms with Crippen molar-refractivity contribution in [2.24, 2.45) is 0 Å². The summed E-state index contributed by atoms with van der Waals surface area (Å²) in [6, 6.07) is 32.1. The van der Waals surface area contributed by atoms with Gasteiger partial charge in [0.05, 0.1) is 9.79 Å². The minimum atomic E-state index is -3.88. The Morgan fingerprint density at radius 3 is 1.76 bits per heavy atom.